The largest absolute Gasteiger partial charge is 0.519 e. The van der Waals surface area contributed by atoms with Gasteiger partial charge in [0.1, 0.15) is 57.2 Å². The second-order valence-corrected chi connectivity index (χ2v) is 26.6. The van der Waals surface area contributed by atoms with Crippen molar-refractivity contribution in [3.8, 4) is 11.5 Å². The zero-order valence-corrected chi connectivity index (χ0v) is 54.4. The number of nitro benzene ring substituents is 2. The van der Waals surface area contributed by atoms with Gasteiger partial charge < -0.3 is 37.9 Å². The molecular weight excluding hydrogens is 1180 g/mol. The Bertz CT molecular complexity index is 3100. The summed E-state index contributed by atoms with van der Waals surface area (Å²) in [5.74, 6) is -2.66. The maximum Gasteiger partial charge on any atom is 0.519 e. The molecule has 488 valence electrons. The van der Waals surface area contributed by atoms with Gasteiger partial charge in [0.05, 0.1) is 21.2 Å². The third kappa shape index (κ3) is 21.9. The summed E-state index contributed by atoms with van der Waals surface area (Å²) in [5.41, 5.74) is -6.92. The number of anilines is 2. The molecule has 0 aliphatic rings. The SMILES string of the molecule is C[C@@H](C(=O)N(C(=O)OC(C)(C)C)c1ccc(Cc2cc([N+](=O)[O-])ccc2OC(=O)Oc2ccc([N+](=O)[O-])cc2Cc2ccc(N(C(=O)OC(C)(C)C)C(=O)[C@H](C)N(C(=O)OC(C)(C)C)C(=O)OC(C)(C)C)cc2)cc1)N(C(=O)OC(C)(C)C)C(=O)OC(C)(C)C. The highest BCUT2D eigenvalue weighted by Gasteiger charge is 2.44. The average molecular weight is 1260 g/mol. The highest BCUT2D eigenvalue weighted by molar-refractivity contribution is 6.16. The molecule has 0 heterocycles. The summed E-state index contributed by atoms with van der Waals surface area (Å²) in [6.07, 6.45) is -9.08. The van der Waals surface area contributed by atoms with E-state index in [-0.39, 0.29) is 46.8 Å². The summed E-state index contributed by atoms with van der Waals surface area (Å²) in [4.78, 5) is 150. The van der Waals surface area contributed by atoms with Crippen molar-refractivity contribution in [2.75, 3.05) is 9.80 Å². The minimum atomic E-state index is -1.72. The van der Waals surface area contributed by atoms with Crippen molar-refractivity contribution >= 4 is 77.3 Å². The summed E-state index contributed by atoms with van der Waals surface area (Å²) < 4.78 is 44.3. The van der Waals surface area contributed by atoms with Crippen LogP contribution >= 0.6 is 0 Å². The first-order chi connectivity index (χ1) is 41.0. The Kier molecular flexibility index (Phi) is 22.8. The molecule has 27 heteroatoms. The van der Waals surface area contributed by atoms with E-state index in [9.17, 15) is 63.4 Å². The molecule has 4 aromatic carbocycles. The number of carbonyl (C=O) groups excluding carboxylic acids is 9. The quantitative estimate of drug-likeness (QED) is 0.0372. The molecule has 0 aliphatic carbocycles. The first-order valence-corrected chi connectivity index (χ1v) is 28.3. The Labute approximate surface area is 522 Å². The van der Waals surface area contributed by atoms with Crippen LogP contribution in [-0.4, -0.2) is 120 Å². The van der Waals surface area contributed by atoms with Gasteiger partial charge >= 0.3 is 42.7 Å². The van der Waals surface area contributed by atoms with Crippen LogP contribution in [0, 0.1) is 20.2 Å². The lowest BCUT2D eigenvalue weighted by molar-refractivity contribution is -0.385. The Morgan fingerprint density at radius 3 is 0.867 bits per heavy atom. The lowest BCUT2D eigenvalue weighted by atomic mass is 10.0. The normalized spacial score (nSPS) is 12.6. The van der Waals surface area contributed by atoms with Gasteiger partial charge in [-0.2, -0.15) is 9.80 Å². The molecule has 0 aliphatic heterocycles. The molecule has 2 atom stereocenters. The molecule has 0 bridgehead atoms. The van der Waals surface area contributed by atoms with Gasteiger partial charge in [-0.1, -0.05) is 24.3 Å². The third-order valence-electron chi connectivity index (χ3n) is 11.5. The fourth-order valence-corrected chi connectivity index (χ4v) is 7.88. The van der Waals surface area contributed by atoms with Crippen LogP contribution < -0.4 is 19.3 Å². The lowest BCUT2D eigenvalue weighted by Gasteiger charge is -2.33. The van der Waals surface area contributed by atoms with Crippen molar-refractivity contribution in [3.63, 3.8) is 0 Å². The molecule has 90 heavy (non-hydrogen) atoms. The van der Waals surface area contributed by atoms with E-state index in [0.29, 0.717) is 30.7 Å². The number of benzene rings is 4. The van der Waals surface area contributed by atoms with Crippen molar-refractivity contribution in [2.45, 2.75) is 197 Å². The second kappa shape index (κ2) is 28.2. The average Bonchev–Trinajstić information content (AvgIpc) is 0.864. The number of imide groups is 4. The highest BCUT2D eigenvalue weighted by Crippen LogP contribution is 2.33. The van der Waals surface area contributed by atoms with E-state index < -0.39 is 121 Å². The summed E-state index contributed by atoms with van der Waals surface area (Å²) in [7, 11) is 0. The van der Waals surface area contributed by atoms with E-state index in [0.717, 1.165) is 36.4 Å². The highest BCUT2D eigenvalue weighted by atomic mass is 16.7. The molecule has 0 radical (unpaired) electrons. The number of rotatable bonds is 14. The maximum atomic E-state index is 14.5. The van der Waals surface area contributed by atoms with Gasteiger partial charge in [0.2, 0.25) is 0 Å². The minimum absolute atomic E-state index is 0.0627. The molecule has 4 rings (SSSR count). The van der Waals surface area contributed by atoms with E-state index in [1.807, 2.05) is 0 Å². The van der Waals surface area contributed by atoms with Crippen LogP contribution in [0.4, 0.5) is 56.3 Å². The number of nitro groups is 2. The zero-order valence-electron chi connectivity index (χ0n) is 54.4. The van der Waals surface area contributed by atoms with Gasteiger partial charge in [-0.15, -0.1) is 0 Å². The van der Waals surface area contributed by atoms with E-state index in [2.05, 4.69) is 0 Å². The van der Waals surface area contributed by atoms with Gasteiger partial charge in [0, 0.05) is 48.2 Å². The Balaban J connectivity index is 1.70. The topological polar surface area (TPSA) is 327 Å². The molecule has 0 aromatic heterocycles. The van der Waals surface area contributed by atoms with Crippen molar-refractivity contribution in [2.24, 2.45) is 0 Å². The molecule has 27 nitrogen and oxygen atoms in total. The Morgan fingerprint density at radius 1 is 0.389 bits per heavy atom. The zero-order chi connectivity index (χ0) is 68.6. The molecule has 8 amide bonds. The number of hydrogen-bond acceptors (Lipinski definition) is 21. The number of carbonyl (C=O) groups is 9. The van der Waals surface area contributed by atoms with Gasteiger partial charge in [-0.25, -0.2) is 43.4 Å². The smallest absolute Gasteiger partial charge is 0.443 e. The molecular formula is C63H80N6O21. The first kappa shape index (κ1) is 72.8. The van der Waals surface area contributed by atoms with E-state index >= 15 is 0 Å². The monoisotopic (exact) mass is 1260 g/mol. The molecule has 0 fully saturated rings. The molecule has 0 saturated heterocycles. The van der Waals surface area contributed by atoms with Gasteiger partial charge in [0.25, 0.3) is 23.2 Å². The second-order valence-electron chi connectivity index (χ2n) is 26.6. The van der Waals surface area contributed by atoms with Crippen LogP contribution in [0.25, 0.3) is 0 Å². The Morgan fingerprint density at radius 2 is 0.633 bits per heavy atom. The molecule has 0 spiro atoms. The fourth-order valence-electron chi connectivity index (χ4n) is 7.88. The van der Waals surface area contributed by atoms with E-state index in [4.69, 9.17) is 37.9 Å². The minimum Gasteiger partial charge on any atom is -0.443 e. The van der Waals surface area contributed by atoms with Crippen LogP contribution in [0.3, 0.4) is 0 Å². The Hall–Kier alpha value is -9.69. The number of hydrogen-bond donors (Lipinski definition) is 0. The van der Waals surface area contributed by atoms with Crippen molar-refractivity contribution < 1.29 is 90.9 Å². The lowest BCUT2D eigenvalue weighted by Crippen LogP contribution is -2.56. The summed E-state index contributed by atoms with van der Waals surface area (Å²) >= 11 is 0. The molecule has 0 N–H and O–H groups in total. The molecule has 4 aromatic rings. The van der Waals surface area contributed by atoms with Crippen LogP contribution in [0.5, 0.6) is 11.5 Å². The van der Waals surface area contributed by atoms with Crippen molar-refractivity contribution in [1.29, 1.82) is 0 Å². The summed E-state index contributed by atoms with van der Waals surface area (Å²) in [6.45, 7) is 30.2. The van der Waals surface area contributed by atoms with Crippen LogP contribution in [0.1, 0.15) is 161 Å². The number of non-ortho nitro benzene ring substituents is 2. The van der Waals surface area contributed by atoms with Crippen LogP contribution in [0.2, 0.25) is 0 Å². The van der Waals surface area contributed by atoms with E-state index in [1.54, 1.807) is 125 Å². The first-order valence-electron chi connectivity index (χ1n) is 28.3. The van der Waals surface area contributed by atoms with E-state index in [1.165, 1.54) is 62.4 Å². The predicted molar refractivity (Wildman–Crippen MR) is 326 cm³/mol. The van der Waals surface area contributed by atoms with Gasteiger partial charge in [-0.3, -0.25) is 29.8 Å². The standard InChI is InChI=1S/C63H80N6O21/c1-37(64(51(72)85-58(3,4)5)52(73)86-59(6,7)8)49(70)66(55(76)89-62(15,16)17)43-25-21-39(22-26-43)33-41-35-45(68(79)80)29-31-47(41)83-57(78)84-48-32-30-46(69(81)82)36-42(48)34-40-23-27-44(28-24-40)67(56(77)90-63(18,19)20)50(71)38(2)65(53(74)87-60(9,10)11)54(75)88-61(12,13)14/h21-32,35-38H,33-34H2,1-20H3/t37-,38-/m0/s1. The van der Waals surface area contributed by atoms with Gasteiger partial charge in [-0.05, 0) is 186 Å². The van der Waals surface area contributed by atoms with Crippen molar-refractivity contribution in [3.05, 3.63) is 127 Å². The number of amides is 8. The third-order valence-corrected chi connectivity index (χ3v) is 11.5. The van der Waals surface area contributed by atoms with Crippen LogP contribution in [0.15, 0.2) is 84.9 Å². The molecule has 0 unspecified atom stereocenters. The van der Waals surface area contributed by atoms with Gasteiger partial charge in [0.15, 0.2) is 0 Å². The van der Waals surface area contributed by atoms with Crippen LogP contribution in [-0.2, 0) is 50.9 Å². The summed E-state index contributed by atoms with van der Waals surface area (Å²) in [6, 6.07) is 14.3. The maximum absolute atomic E-state index is 14.5. The fraction of sp³-hybridized carbons (Fsp3) is 0.476. The summed E-state index contributed by atoms with van der Waals surface area (Å²) in [5, 5.41) is 24.1. The molecule has 0 saturated carbocycles. The number of nitrogens with zero attached hydrogens (tertiary/aromatic N) is 6. The van der Waals surface area contributed by atoms with Crippen molar-refractivity contribution in [1.82, 2.24) is 9.80 Å². The number of ether oxygens (including phenoxy) is 8. The predicted octanol–water partition coefficient (Wildman–Crippen LogP) is 13.9.